The Morgan fingerprint density at radius 1 is 0.224 bits per heavy atom. The van der Waals surface area contributed by atoms with Gasteiger partial charge in [-0.15, -0.1) is 0 Å². The van der Waals surface area contributed by atoms with Gasteiger partial charge in [0.1, 0.15) is 22.3 Å². The fourth-order valence-electron chi connectivity index (χ4n) is 11.4. The lowest BCUT2D eigenvalue weighted by Gasteiger charge is -2.26. The molecule has 4 nitrogen and oxygen atoms in total. The highest BCUT2D eigenvalue weighted by Crippen LogP contribution is 2.42. The second-order valence-corrected chi connectivity index (χ2v) is 19.7. The van der Waals surface area contributed by atoms with E-state index in [4.69, 9.17) is 8.83 Å². The Morgan fingerprint density at radius 3 is 0.934 bits per heavy atom. The molecule has 0 aliphatic rings. The van der Waals surface area contributed by atoms with Crippen molar-refractivity contribution in [3.05, 3.63) is 279 Å². The van der Waals surface area contributed by atoms with Crippen LogP contribution in [0.2, 0.25) is 0 Å². The maximum atomic E-state index is 6.23. The number of anilines is 3. The van der Waals surface area contributed by atoms with E-state index in [-0.39, 0.29) is 0 Å². The van der Waals surface area contributed by atoms with Crippen molar-refractivity contribution >= 4 is 82.7 Å². The van der Waals surface area contributed by atoms with E-state index in [1.807, 2.05) is 24.3 Å². The lowest BCUT2D eigenvalue weighted by atomic mass is 9.98. The molecule has 0 unspecified atom stereocenters. The molecule has 15 rings (SSSR count). The normalized spacial score (nSPS) is 11.7. The molecule has 3 heterocycles. The van der Waals surface area contributed by atoms with Gasteiger partial charge in [-0.25, -0.2) is 0 Å². The van der Waals surface area contributed by atoms with Gasteiger partial charge >= 0.3 is 0 Å². The Labute approximate surface area is 439 Å². The largest absolute Gasteiger partial charge is 0.456 e. The Bertz CT molecular complexity index is 4390. The van der Waals surface area contributed by atoms with Crippen LogP contribution in [0.1, 0.15) is 0 Å². The van der Waals surface area contributed by atoms with Gasteiger partial charge in [-0.1, -0.05) is 170 Å². The van der Waals surface area contributed by atoms with Crippen LogP contribution in [-0.4, -0.2) is 4.57 Å². The molecule has 0 saturated carbocycles. The van der Waals surface area contributed by atoms with Gasteiger partial charge in [0.2, 0.25) is 0 Å². The highest BCUT2D eigenvalue weighted by molar-refractivity contribution is 6.13. The van der Waals surface area contributed by atoms with Crippen molar-refractivity contribution < 1.29 is 8.83 Å². The van der Waals surface area contributed by atoms with Crippen LogP contribution in [0.15, 0.2) is 288 Å². The standard InChI is InChI=1S/C72H46N2O2/c1-3-11-47(12-4-1)49-19-31-57(32-20-49)73(58-33-21-50(22-34-58)48-13-5-2-6-14-48)59-35-23-51(24-36-59)52-25-37-60(38-26-52)74-67-39-27-53(55-29-41-71-65(45-55)61-15-7-9-17-69(61)75-71)43-63(67)64-44-54(28-40-68(64)74)56-30-42-72-66(46-56)62-16-8-10-18-70(62)76-72/h1-46H. The minimum atomic E-state index is 0.894. The minimum Gasteiger partial charge on any atom is -0.456 e. The third-order valence-electron chi connectivity index (χ3n) is 15.2. The molecular weight excluding hydrogens is 925 g/mol. The summed E-state index contributed by atoms with van der Waals surface area (Å²) in [6.07, 6.45) is 0. The number of hydrogen-bond donors (Lipinski definition) is 0. The van der Waals surface area contributed by atoms with Crippen LogP contribution in [0.3, 0.4) is 0 Å². The molecule has 0 atom stereocenters. The highest BCUT2D eigenvalue weighted by Gasteiger charge is 2.18. The average molecular weight is 971 g/mol. The number of furan rings is 2. The highest BCUT2D eigenvalue weighted by atomic mass is 16.3. The number of rotatable bonds is 9. The Balaban J connectivity index is 0.801. The summed E-state index contributed by atoms with van der Waals surface area (Å²) in [5, 5.41) is 6.87. The maximum Gasteiger partial charge on any atom is 0.135 e. The molecule has 4 heteroatoms. The number of aromatic nitrogens is 1. The van der Waals surface area contributed by atoms with E-state index in [9.17, 15) is 0 Å². The fourth-order valence-corrected chi connectivity index (χ4v) is 11.4. The van der Waals surface area contributed by atoms with E-state index in [0.29, 0.717) is 0 Å². The minimum absolute atomic E-state index is 0.894. The van der Waals surface area contributed by atoms with Gasteiger partial charge in [0.25, 0.3) is 0 Å². The maximum absolute atomic E-state index is 6.23. The molecule has 0 fully saturated rings. The molecule has 0 aliphatic heterocycles. The lowest BCUT2D eigenvalue weighted by Crippen LogP contribution is -2.09. The van der Waals surface area contributed by atoms with Crippen molar-refractivity contribution in [2.75, 3.05) is 4.90 Å². The summed E-state index contributed by atoms with van der Waals surface area (Å²) in [5.41, 5.74) is 21.9. The Kier molecular flexibility index (Phi) is 10.2. The number of fused-ring (bicyclic) bond motifs is 9. The summed E-state index contributed by atoms with van der Waals surface area (Å²) in [5.74, 6) is 0. The zero-order valence-corrected chi connectivity index (χ0v) is 41.3. The van der Waals surface area contributed by atoms with Crippen molar-refractivity contribution in [1.29, 1.82) is 0 Å². The van der Waals surface area contributed by atoms with Crippen molar-refractivity contribution in [1.82, 2.24) is 4.57 Å². The fraction of sp³-hybridized carbons (Fsp3) is 0. The molecule has 0 bridgehead atoms. The molecule has 15 aromatic rings. The topological polar surface area (TPSA) is 34.5 Å². The van der Waals surface area contributed by atoms with Crippen LogP contribution in [0.4, 0.5) is 17.1 Å². The summed E-state index contributed by atoms with van der Waals surface area (Å²) in [7, 11) is 0. The SMILES string of the molecule is c1ccc(-c2ccc(N(c3ccc(-c4ccccc4)cc3)c3ccc(-c4ccc(-n5c6ccc(-c7ccc8oc9ccccc9c8c7)cc6c6cc(-c7ccc8oc9ccccc9c8c7)ccc65)cc4)cc3)cc2)cc1. The summed E-state index contributed by atoms with van der Waals surface area (Å²) in [4.78, 5) is 2.34. The molecule has 3 aromatic heterocycles. The quantitative estimate of drug-likeness (QED) is 0.145. The van der Waals surface area contributed by atoms with E-state index in [0.717, 1.165) is 111 Å². The summed E-state index contributed by atoms with van der Waals surface area (Å²) < 4.78 is 14.9. The Hall–Kier alpha value is -10.2. The molecule has 0 N–H and O–H groups in total. The van der Waals surface area contributed by atoms with Crippen LogP contribution in [0.25, 0.3) is 127 Å². The van der Waals surface area contributed by atoms with E-state index in [2.05, 4.69) is 264 Å². The van der Waals surface area contributed by atoms with Crippen molar-refractivity contribution in [3.8, 4) is 61.3 Å². The van der Waals surface area contributed by atoms with Crippen molar-refractivity contribution in [2.45, 2.75) is 0 Å². The van der Waals surface area contributed by atoms with Gasteiger partial charge in [-0.2, -0.15) is 0 Å². The first-order chi connectivity index (χ1) is 37.6. The van der Waals surface area contributed by atoms with Crippen LogP contribution in [0.5, 0.6) is 0 Å². The third kappa shape index (κ3) is 7.46. The predicted molar refractivity (Wildman–Crippen MR) is 317 cm³/mol. The molecule has 356 valence electrons. The molecule has 0 spiro atoms. The second-order valence-electron chi connectivity index (χ2n) is 19.7. The van der Waals surface area contributed by atoms with E-state index in [1.54, 1.807) is 0 Å². The molecule has 12 aromatic carbocycles. The molecular formula is C72H46N2O2. The average Bonchev–Trinajstić information content (AvgIpc) is 4.17. The van der Waals surface area contributed by atoms with Crippen molar-refractivity contribution in [3.63, 3.8) is 0 Å². The first kappa shape index (κ1) is 43.4. The molecule has 0 aliphatic carbocycles. The molecule has 76 heavy (non-hydrogen) atoms. The van der Waals surface area contributed by atoms with Crippen LogP contribution < -0.4 is 4.90 Å². The lowest BCUT2D eigenvalue weighted by molar-refractivity contribution is 0.668. The van der Waals surface area contributed by atoms with Gasteiger partial charge < -0.3 is 18.3 Å². The smallest absolute Gasteiger partial charge is 0.135 e. The first-order valence-electron chi connectivity index (χ1n) is 25.9. The first-order valence-corrected chi connectivity index (χ1v) is 25.9. The van der Waals surface area contributed by atoms with Gasteiger partial charge in [-0.05, 0) is 165 Å². The van der Waals surface area contributed by atoms with Crippen molar-refractivity contribution in [2.24, 2.45) is 0 Å². The number of hydrogen-bond acceptors (Lipinski definition) is 3. The monoisotopic (exact) mass is 970 g/mol. The summed E-state index contributed by atoms with van der Waals surface area (Å²) in [6.45, 7) is 0. The number of benzene rings is 12. The van der Waals surface area contributed by atoms with Gasteiger partial charge in [0.05, 0.1) is 11.0 Å². The second kappa shape index (κ2) is 17.8. The summed E-state index contributed by atoms with van der Waals surface area (Å²) in [6, 6.07) is 100. The third-order valence-corrected chi connectivity index (χ3v) is 15.2. The van der Waals surface area contributed by atoms with Crippen LogP contribution in [-0.2, 0) is 0 Å². The summed E-state index contributed by atoms with van der Waals surface area (Å²) >= 11 is 0. The zero-order chi connectivity index (χ0) is 50.1. The van der Waals surface area contributed by atoms with Crippen LogP contribution in [0, 0.1) is 0 Å². The Morgan fingerprint density at radius 2 is 0.526 bits per heavy atom. The van der Waals surface area contributed by atoms with Crippen LogP contribution >= 0.6 is 0 Å². The number of para-hydroxylation sites is 2. The van der Waals surface area contributed by atoms with Gasteiger partial charge in [-0.3, -0.25) is 0 Å². The molecule has 0 amide bonds. The molecule has 0 saturated heterocycles. The van der Waals surface area contributed by atoms with E-state index in [1.165, 1.54) is 33.0 Å². The van der Waals surface area contributed by atoms with E-state index < -0.39 is 0 Å². The van der Waals surface area contributed by atoms with Gasteiger partial charge in [0, 0.05) is 55.1 Å². The predicted octanol–water partition coefficient (Wildman–Crippen LogP) is 20.4. The molecule has 0 radical (unpaired) electrons. The van der Waals surface area contributed by atoms with Gasteiger partial charge in [0.15, 0.2) is 0 Å². The number of nitrogens with zero attached hydrogens (tertiary/aromatic N) is 2. The van der Waals surface area contributed by atoms with E-state index >= 15 is 0 Å². The zero-order valence-electron chi connectivity index (χ0n) is 41.3.